The van der Waals surface area contributed by atoms with E-state index in [-0.39, 0.29) is 31.2 Å². The van der Waals surface area contributed by atoms with Gasteiger partial charge in [-0.3, -0.25) is 24.0 Å². The SMILES string of the molecule is COCCn1c(N)c(N(Cc2ccccc2)C(=O)c2cc(C)oc2C)c(=O)[nH]c1=O. The first-order valence-electron chi connectivity index (χ1n) is 9.37. The van der Waals surface area contributed by atoms with Crippen molar-refractivity contribution in [3.8, 4) is 0 Å². The molecule has 1 aromatic carbocycles. The predicted molar refractivity (Wildman–Crippen MR) is 113 cm³/mol. The number of benzene rings is 1. The summed E-state index contributed by atoms with van der Waals surface area (Å²) in [5.74, 6) is 0.436. The molecule has 0 radical (unpaired) electrons. The van der Waals surface area contributed by atoms with Crippen molar-refractivity contribution >= 4 is 17.4 Å². The number of carbonyl (C=O) groups excluding carboxylic acids is 1. The number of carbonyl (C=O) groups is 1. The van der Waals surface area contributed by atoms with E-state index in [1.807, 2.05) is 30.3 Å². The molecule has 3 aromatic rings. The van der Waals surface area contributed by atoms with Crippen LogP contribution in [0.3, 0.4) is 0 Å². The largest absolute Gasteiger partial charge is 0.466 e. The number of nitrogens with zero attached hydrogens (tertiary/aromatic N) is 2. The molecule has 0 fully saturated rings. The minimum atomic E-state index is -0.742. The summed E-state index contributed by atoms with van der Waals surface area (Å²) in [4.78, 5) is 42.0. The molecule has 30 heavy (non-hydrogen) atoms. The number of hydrogen-bond acceptors (Lipinski definition) is 6. The Kier molecular flexibility index (Phi) is 6.22. The molecule has 0 atom stereocenters. The number of aromatic amines is 1. The number of nitrogen functional groups attached to an aromatic ring is 1. The number of nitrogens with two attached hydrogens (primary N) is 1. The van der Waals surface area contributed by atoms with Crippen molar-refractivity contribution in [3.05, 3.63) is 79.9 Å². The monoisotopic (exact) mass is 412 g/mol. The number of rotatable bonds is 7. The highest BCUT2D eigenvalue weighted by atomic mass is 16.5. The van der Waals surface area contributed by atoms with Gasteiger partial charge in [-0.05, 0) is 25.5 Å². The Balaban J connectivity index is 2.17. The first-order valence-corrected chi connectivity index (χ1v) is 9.37. The molecule has 158 valence electrons. The maximum absolute atomic E-state index is 13.4. The molecule has 0 saturated heterocycles. The lowest BCUT2D eigenvalue weighted by Crippen LogP contribution is -2.41. The first-order chi connectivity index (χ1) is 14.3. The fourth-order valence-electron chi connectivity index (χ4n) is 3.25. The summed E-state index contributed by atoms with van der Waals surface area (Å²) in [6.45, 7) is 3.83. The molecule has 0 unspecified atom stereocenters. The van der Waals surface area contributed by atoms with E-state index in [0.29, 0.717) is 17.1 Å². The number of anilines is 2. The van der Waals surface area contributed by atoms with Gasteiger partial charge < -0.3 is 14.9 Å². The highest BCUT2D eigenvalue weighted by Gasteiger charge is 2.27. The van der Waals surface area contributed by atoms with Gasteiger partial charge in [-0.1, -0.05) is 30.3 Å². The van der Waals surface area contributed by atoms with Gasteiger partial charge in [-0.25, -0.2) is 4.79 Å². The number of methoxy groups -OCH3 is 1. The molecule has 0 aliphatic carbocycles. The summed E-state index contributed by atoms with van der Waals surface area (Å²) in [5, 5.41) is 0. The Labute approximate surface area is 172 Å². The van der Waals surface area contributed by atoms with Crippen LogP contribution in [0, 0.1) is 13.8 Å². The van der Waals surface area contributed by atoms with Crippen LogP contribution >= 0.6 is 0 Å². The molecule has 0 spiro atoms. The van der Waals surface area contributed by atoms with Crippen molar-refractivity contribution in [1.29, 1.82) is 0 Å². The molecular weight excluding hydrogens is 388 g/mol. The molecule has 0 bridgehead atoms. The van der Waals surface area contributed by atoms with Crippen molar-refractivity contribution in [2.75, 3.05) is 24.4 Å². The Hall–Kier alpha value is -3.59. The van der Waals surface area contributed by atoms with Crippen LogP contribution in [0.1, 0.15) is 27.4 Å². The molecule has 9 nitrogen and oxygen atoms in total. The molecule has 2 aromatic heterocycles. The lowest BCUT2D eigenvalue weighted by atomic mass is 10.1. The summed E-state index contributed by atoms with van der Waals surface area (Å²) in [6, 6.07) is 10.8. The second kappa shape index (κ2) is 8.83. The average Bonchev–Trinajstić information content (AvgIpc) is 3.05. The zero-order valence-corrected chi connectivity index (χ0v) is 17.1. The maximum Gasteiger partial charge on any atom is 0.330 e. The summed E-state index contributed by atoms with van der Waals surface area (Å²) in [5.41, 5.74) is 5.81. The van der Waals surface area contributed by atoms with Crippen LogP contribution in [0.15, 0.2) is 50.4 Å². The zero-order valence-electron chi connectivity index (χ0n) is 17.1. The number of H-pyrrole nitrogens is 1. The van der Waals surface area contributed by atoms with Gasteiger partial charge in [0, 0.05) is 7.11 Å². The number of nitrogens with one attached hydrogen (secondary N) is 1. The van der Waals surface area contributed by atoms with Gasteiger partial charge in [0.1, 0.15) is 17.3 Å². The fraction of sp³-hybridized carbons (Fsp3) is 0.286. The quantitative estimate of drug-likeness (QED) is 0.610. The molecular formula is C21H24N4O5. The molecule has 2 heterocycles. The van der Waals surface area contributed by atoms with Crippen LogP contribution < -0.4 is 21.9 Å². The third kappa shape index (κ3) is 4.20. The van der Waals surface area contributed by atoms with Crippen molar-refractivity contribution in [2.24, 2.45) is 0 Å². The van der Waals surface area contributed by atoms with Gasteiger partial charge in [0.2, 0.25) is 0 Å². The van der Waals surface area contributed by atoms with Gasteiger partial charge >= 0.3 is 5.69 Å². The van der Waals surface area contributed by atoms with E-state index in [9.17, 15) is 14.4 Å². The van der Waals surface area contributed by atoms with Crippen molar-refractivity contribution in [1.82, 2.24) is 9.55 Å². The smallest absolute Gasteiger partial charge is 0.330 e. The topological polar surface area (TPSA) is 124 Å². The number of aryl methyl sites for hydroxylation is 2. The number of aromatic nitrogens is 2. The molecule has 0 aliphatic rings. The number of amides is 1. The Bertz CT molecular complexity index is 1160. The van der Waals surface area contributed by atoms with Gasteiger partial charge in [0.25, 0.3) is 11.5 Å². The standard InChI is InChI=1S/C21H24N4O5/c1-13-11-16(14(2)30-13)20(27)25(12-15-7-5-4-6-8-15)17-18(22)24(9-10-29-3)21(28)23-19(17)26/h4-8,11H,9-10,12,22H2,1-3H3,(H,23,26,28). The maximum atomic E-state index is 13.4. The van der Waals surface area contributed by atoms with Crippen LogP contribution in [0.5, 0.6) is 0 Å². The molecule has 9 heteroatoms. The number of furan rings is 1. The van der Waals surface area contributed by atoms with E-state index in [0.717, 1.165) is 5.56 Å². The molecule has 0 saturated carbocycles. The van der Waals surface area contributed by atoms with E-state index in [2.05, 4.69) is 4.98 Å². The van der Waals surface area contributed by atoms with E-state index >= 15 is 0 Å². The van der Waals surface area contributed by atoms with Gasteiger partial charge in [0.15, 0.2) is 5.69 Å². The summed E-state index contributed by atoms with van der Waals surface area (Å²) >= 11 is 0. The Morgan fingerprint density at radius 2 is 1.93 bits per heavy atom. The zero-order chi connectivity index (χ0) is 21.8. The third-order valence-corrected chi connectivity index (χ3v) is 4.70. The van der Waals surface area contributed by atoms with Gasteiger partial charge in [-0.15, -0.1) is 0 Å². The summed E-state index contributed by atoms with van der Waals surface area (Å²) < 4.78 is 11.7. The van der Waals surface area contributed by atoms with E-state index in [1.54, 1.807) is 19.9 Å². The highest BCUT2D eigenvalue weighted by Crippen LogP contribution is 2.24. The lowest BCUT2D eigenvalue weighted by molar-refractivity contribution is 0.0983. The van der Waals surface area contributed by atoms with Crippen LogP contribution in [0.2, 0.25) is 0 Å². The van der Waals surface area contributed by atoms with Crippen LogP contribution in [-0.4, -0.2) is 29.2 Å². The molecule has 3 rings (SSSR count). The van der Waals surface area contributed by atoms with Crippen LogP contribution in [0.4, 0.5) is 11.5 Å². The lowest BCUT2D eigenvalue weighted by Gasteiger charge is -2.24. The summed E-state index contributed by atoms with van der Waals surface area (Å²) in [7, 11) is 1.49. The third-order valence-electron chi connectivity index (χ3n) is 4.70. The minimum absolute atomic E-state index is 0.0824. The van der Waals surface area contributed by atoms with E-state index < -0.39 is 17.2 Å². The van der Waals surface area contributed by atoms with Gasteiger partial charge in [-0.2, -0.15) is 0 Å². The Morgan fingerprint density at radius 1 is 1.23 bits per heavy atom. The summed E-state index contributed by atoms with van der Waals surface area (Å²) in [6.07, 6.45) is 0. The number of ether oxygens (including phenoxy) is 1. The highest BCUT2D eigenvalue weighted by molar-refractivity contribution is 6.07. The fourth-order valence-corrected chi connectivity index (χ4v) is 3.25. The van der Waals surface area contributed by atoms with Crippen molar-refractivity contribution in [3.63, 3.8) is 0 Å². The molecule has 0 aliphatic heterocycles. The first kappa shape index (κ1) is 21.1. The van der Waals surface area contributed by atoms with E-state index in [4.69, 9.17) is 14.9 Å². The van der Waals surface area contributed by atoms with E-state index in [1.165, 1.54) is 16.6 Å². The number of hydrogen-bond donors (Lipinski definition) is 2. The van der Waals surface area contributed by atoms with Crippen molar-refractivity contribution in [2.45, 2.75) is 26.9 Å². The van der Waals surface area contributed by atoms with Crippen LogP contribution in [-0.2, 0) is 17.8 Å². The van der Waals surface area contributed by atoms with Crippen LogP contribution in [0.25, 0.3) is 0 Å². The Morgan fingerprint density at radius 3 is 2.53 bits per heavy atom. The molecule has 3 N–H and O–H groups in total. The normalized spacial score (nSPS) is 10.9. The average molecular weight is 412 g/mol. The minimum Gasteiger partial charge on any atom is -0.466 e. The van der Waals surface area contributed by atoms with Gasteiger partial charge in [0.05, 0.1) is 25.3 Å². The predicted octanol–water partition coefficient (Wildman–Crippen LogP) is 1.82. The second-order valence-electron chi connectivity index (χ2n) is 6.84. The molecule has 1 amide bonds. The van der Waals surface area contributed by atoms with Crippen molar-refractivity contribution < 1.29 is 13.9 Å². The second-order valence-corrected chi connectivity index (χ2v) is 6.84.